The van der Waals surface area contributed by atoms with E-state index >= 15 is 0 Å². The van der Waals surface area contributed by atoms with E-state index in [2.05, 4.69) is 35.5 Å². The molecule has 0 saturated heterocycles. The van der Waals surface area contributed by atoms with Crippen molar-refractivity contribution in [2.24, 2.45) is 0 Å². The Morgan fingerprint density at radius 2 is 1.08 bits per heavy atom. The molecule has 0 aliphatic carbocycles. The van der Waals surface area contributed by atoms with E-state index in [1.165, 1.54) is 61.2 Å². The Morgan fingerprint density at radius 3 is 1.55 bits per heavy atom. The van der Waals surface area contributed by atoms with Gasteiger partial charge >= 0.3 is 5.97 Å². The molecule has 0 radical (unpaired) electrons. The molecule has 8 N–H and O–H groups in total. The normalized spacial score (nSPS) is 11.7. The Balaban J connectivity index is 0.000000159. The van der Waals surface area contributed by atoms with Crippen LogP contribution < -0.4 is 32.0 Å². The number of pyridine rings is 2. The minimum Gasteiger partial charge on any atom is -0.480 e. The van der Waals surface area contributed by atoms with E-state index in [4.69, 9.17) is 26.7 Å². The highest BCUT2D eigenvalue weighted by molar-refractivity contribution is 7.22. The van der Waals surface area contributed by atoms with E-state index in [0.29, 0.717) is 27.2 Å². The van der Waals surface area contributed by atoms with Gasteiger partial charge in [-0.1, -0.05) is 59.1 Å². The van der Waals surface area contributed by atoms with Crippen LogP contribution in [0.1, 0.15) is 57.8 Å². The number of anilines is 4. The third-order valence-corrected chi connectivity index (χ3v) is 12.7. The number of carboxylic acids is 1. The fourth-order valence-electron chi connectivity index (χ4n) is 7.27. The van der Waals surface area contributed by atoms with Crippen LogP contribution in [0.4, 0.5) is 30.4 Å². The topological polar surface area (TPSA) is 250 Å². The molecule has 360 valence electrons. The second-order valence-electron chi connectivity index (χ2n) is 15.7. The monoisotopic (exact) mass is 994 g/mol. The standard InChI is InChI=1S/C25H21FN6O2S.C14H11N3O3S.C11H12FN3/c1-14(15-3-6-18(26)7-4-15)32-13-19(12-29-32)30-23(33)20-9-17(11-28-24(20)34-2)16-5-8-21-22(10-16)35-25(27)31-21;1-20-12-9(13(18)19)4-8(6-16-12)7-2-3-10-11(5-7)21-14(15)17-10;1-8(15-7-11(13)6-14-15)9-2-4-10(12)5-3-9/h3-14H,1-2H3,(H2,27,31)(H,30,33);2-6H,1H3,(H2,15,17)(H,18,19);2-8H,13H2,1H3. The van der Waals surface area contributed by atoms with Gasteiger partial charge in [0.15, 0.2) is 10.3 Å². The average Bonchev–Trinajstić information content (AvgIpc) is 4.20. The first-order chi connectivity index (χ1) is 34.2. The molecular weight excluding hydrogens is 951 g/mol. The number of aromatic nitrogens is 8. The van der Waals surface area contributed by atoms with Gasteiger partial charge in [-0.3, -0.25) is 14.2 Å². The van der Waals surface area contributed by atoms with Crippen LogP contribution in [-0.4, -0.2) is 70.7 Å². The Labute approximate surface area is 412 Å². The number of carboxylic acid groups (broad SMARTS) is 1. The lowest BCUT2D eigenvalue weighted by molar-refractivity contribution is 0.0692. The molecule has 0 spiro atoms. The number of halogens is 2. The van der Waals surface area contributed by atoms with Gasteiger partial charge in [0.1, 0.15) is 22.8 Å². The number of nitrogens with zero attached hydrogens (tertiary/aromatic N) is 8. The third-order valence-electron chi connectivity index (χ3n) is 11.0. The number of carbonyl (C=O) groups excluding carboxylic acids is 1. The Bertz CT molecular complexity index is 3510. The van der Waals surface area contributed by atoms with Gasteiger partial charge in [0.25, 0.3) is 5.91 Å². The molecule has 0 fully saturated rings. The minimum absolute atomic E-state index is 0.0268. The number of thiazole rings is 2. The molecule has 17 nitrogen and oxygen atoms in total. The number of fused-ring (bicyclic) bond motifs is 2. The first-order valence-corrected chi connectivity index (χ1v) is 23.1. The summed E-state index contributed by atoms with van der Waals surface area (Å²) < 4.78 is 41.6. The Hall–Kier alpha value is -8.82. The fraction of sp³-hybridized carbons (Fsp3) is 0.120. The van der Waals surface area contributed by atoms with Crippen LogP contribution in [0.3, 0.4) is 0 Å². The third kappa shape index (κ3) is 11.4. The lowest BCUT2D eigenvalue weighted by atomic mass is 10.1. The summed E-state index contributed by atoms with van der Waals surface area (Å²) in [6.45, 7) is 3.93. The number of amides is 1. The number of aromatic carboxylic acids is 1. The highest BCUT2D eigenvalue weighted by Gasteiger charge is 2.19. The van der Waals surface area contributed by atoms with E-state index in [-0.39, 0.29) is 52.5 Å². The number of ether oxygens (including phenoxy) is 2. The summed E-state index contributed by atoms with van der Waals surface area (Å²) in [5.74, 6) is -1.69. The molecule has 2 unspecified atom stereocenters. The van der Waals surface area contributed by atoms with Crippen molar-refractivity contribution in [1.29, 1.82) is 0 Å². The molecule has 4 aromatic carbocycles. The molecule has 10 aromatic rings. The molecule has 0 saturated carbocycles. The lowest BCUT2D eigenvalue weighted by Gasteiger charge is -2.12. The van der Waals surface area contributed by atoms with Gasteiger partial charge in [-0.2, -0.15) is 10.2 Å². The molecule has 6 heterocycles. The van der Waals surface area contributed by atoms with E-state index in [1.54, 1.807) is 82.9 Å². The number of nitrogens with two attached hydrogens (primary N) is 3. The highest BCUT2D eigenvalue weighted by Crippen LogP contribution is 2.33. The van der Waals surface area contributed by atoms with Crippen molar-refractivity contribution < 1.29 is 33.0 Å². The number of hydrogen-bond donors (Lipinski definition) is 5. The van der Waals surface area contributed by atoms with E-state index in [1.807, 2.05) is 50.2 Å². The number of benzene rings is 4. The first kappa shape index (κ1) is 48.6. The fourth-order valence-corrected chi connectivity index (χ4v) is 8.82. The van der Waals surface area contributed by atoms with Gasteiger partial charge in [-0.15, -0.1) is 0 Å². The van der Waals surface area contributed by atoms with Gasteiger partial charge < -0.3 is 37.1 Å². The molecule has 1 amide bonds. The molecule has 71 heavy (non-hydrogen) atoms. The largest absolute Gasteiger partial charge is 0.480 e. The van der Waals surface area contributed by atoms with Gasteiger partial charge in [-0.25, -0.2) is 33.5 Å². The molecular formula is C50H44F2N12O5S2. The molecule has 10 rings (SSSR count). The second kappa shape index (κ2) is 21.2. The van der Waals surface area contributed by atoms with Crippen LogP contribution in [0, 0.1) is 11.6 Å². The van der Waals surface area contributed by atoms with Crippen molar-refractivity contribution in [1.82, 2.24) is 39.5 Å². The Morgan fingerprint density at radius 1 is 0.620 bits per heavy atom. The van der Waals surface area contributed by atoms with Crippen LogP contribution in [0.15, 0.2) is 134 Å². The Kier molecular flexibility index (Phi) is 14.5. The van der Waals surface area contributed by atoms with Crippen molar-refractivity contribution in [3.05, 3.63) is 168 Å². The summed E-state index contributed by atoms with van der Waals surface area (Å²) in [7, 11) is 2.86. The van der Waals surface area contributed by atoms with Gasteiger partial charge in [0, 0.05) is 35.9 Å². The molecule has 0 aliphatic rings. The summed E-state index contributed by atoms with van der Waals surface area (Å²) >= 11 is 2.78. The summed E-state index contributed by atoms with van der Waals surface area (Å²) in [5.41, 5.74) is 25.2. The lowest BCUT2D eigenvalue weighted by Crippen LogP contribution is -2.14. The van der Waals surface area contributed by atoms with Crippen LogP contribution in [-0.2, 0) is 0 Å². The summed E-state index contributed by atoms with van der Waals surface area (Å²) in [4.78, 5) is 41.2. The van der Waals surface area contributed by atoms with Crippen LogP contribution in [0.5, 0.6) is 11.8 Å². The van der Waals surface area contributed by atoms with Crippen LogP contribution in [0.25, 0.3) is 42.7 Å². The molecule has 0 aliphatic heterocycles. The van der Waals surface area contributed by atoms with E-state index in [0.717, 1.165) is 48.3 Å². The van der Waals surface area contributed by atoms with E-state index in [9.17, 15) is 23.5 Å². The number of methoxy groups -OCH3 is 2. The van der Waals surface area contributed by atoms with Gasteiger partial charge in [-0.05, 0) is 96.8 Å². The number of nitrogens with one attached hydrogen (secondary N) is 1. The van der Waals surface area contributed by atoms with Crippen molar-refractivity contribution in [2.75, 3.05) is 36.7 Å². The van der Waals surface area contributed by atoms with Crippen molar-refractivity contribution in [3.8, 4) is 34.0 Å². The maximum atomic E-state index is 13.2. The second-order valence-corrected chi connectivity index (χ2v) is 17.8. The molecule has 21 heteroatoms. The first-order valence-electron chi connectivity index (χ1n) is 21.5. The zero-order chi connectivity index (χ0) is 50.3. The van der Waals surface area contributed by atoms with Gasteiger partial charge in [0.05, 0.1) is 70.5 Å². The molecule has 6 aromatic heterocycles. The summed E-state index contributed by atoms with van der Waals surface area (Å²) in [6.07, 6.45) is 9.87. The zero-order valence-electron chi connectivity index (χ0n) is 38.3. The average molecular weight is 995 g/mol. The number of nitrogen functional groups attached to an aromatic ring is 3. The number of carbonyl (C=O) groups is 2. The maximum Gasteiger partial charge on any atom is 0.341 e. The number of hydrogen-bond acceptors (Lipinski definition) is 15. The van der Waals surface area contributed by atoms with Crippen molar-refractivity contribution in [3.63, 3.8) is 0 Å². The van der Waals surface area contributed by atoms with Crippen LogP contribution >= 0.6 is 22.7 Å². The van der Waals surface area contributed by atoms with E-state index < -0.39 is 5.97 Å². The van der Waals surface area contributed by atoms with Crippen molar-refractivity contribution in [2.45, 2.75) is 25.9 Å². The summed E-state index contributed by atoms with van der Waals surface area (Å²) in [5, 5.41) is 21.5. The predicted molar refractivity (Wildman–Crippen MR) is 272 cm³/mol. The SMILES string of the molecule is CC(c1ccc(F)cc1)n1cc(N)cn1.COc1ncc(-c2ccc3nc(N)sc3c2)cc1C(=O)Nc1cnn(C(C)c2ccc(F)cc2)c1.COc1ncc(-c2ccc3nc(N)sc3c2)cc1C(=O)O. The predicted octanol–water partition coefficient (Wildman–Crippen LogP) is 10.0. The molecule has 0 bridgehead atoms. The quantitative estimate of drug-likeness (QED) is 0.0809. The summed E-state index contributed by atoms with van der Waals surface area (Å²) in [6, 6.07) is 27.2. The number of rotatable bonds is 11. The highest BCUT2D eigenvalue weighted by atomic mass is 32.1. The van der Waals surface area contributed by atoms with Crippen LogP contribution in [0.2, 0.25) is 0 Å². The maximum absolute atomic E-state index is 13.2. The smallest absolute Gasteiger partial charge is 0.341 e. The van der Waals surface area contributed by atoms with Crippen molar-refractivity contribution >= 4 is 76.6 Å². The zero-order valence-corrected chi connectivity index (χ0v) is 40.0. The molecule has 2 atom stereocenters. The van der Waals surface area contributed by atoms with Gasteiger partial charge in [0.2, 0.25) is 11.8 Å². The minimum atomic E-state index is -1.08.